The number of hydrogen-bond donors (Lipinski definition) is 2. The SMILES string of the molecule is C=N/C(=C\C=N/CN1CCC(OC)CC1)Nc1cc2c(cn1)nc(COCCOCCOCCOCCOCC(=O)O)n2C(C)C. The molecule has 46 heavy (non-hydrogen) atoms. The van der Waals surface area contributed by atoms with Crippen LogP contribution in [0.15, 0.2) is 34.1 Å². The summed E-state index contributed by atoms with van der Waals surface area (Å²) in [4.78, 5) is 30.5. The molecule has 2 N–H and O–H groups in total. The molecule has 3 heterocycles. The van der Waals surface area contributed by atoms with E-state index in [1.807, 2.05) is 6.07 Å². The van der Waals surface area contributed by atoms with Crippen molar-refractivity contribution in [3.05, 3.63) is 30.0 Å². The first-order valence-corrected chi connectivity index (χ1v) is 15.6. The van der Waals surface area contributed by atoms with Gasteiger partial charge in [-0.25, -0.2) is 19.8 Å². The van der Waals surface area contributed by atoms with Gasteiger partial charge in [0.2, 0.25) is 0 Å². The standard InChI is InChI=1S/C31H49N7O8/c1-24(2)38-27-19-29(36-28(32-3)5-8-33-23-37-9-6-25(41-4)7-10-37)34-20-26(27)35-30(38)21-45-17-15-43-13-11-42-12-14-44-16-18-46-22-31(39)40/h5,8,19-20,24-25H,3,6-7,9-18,21-23H2,1-2,4H3,(H,34,36)(H,39,40)/b28-5+,33-8-. The zero-order chi connectivity index (χ0) is 33.0. The number of fused-ring (bicyclic) bond motifs is 1. The molecule has 0 saturated carbocycles. The average Bonchev–Trinajstić information content (AvgIpc) is 3.42. The summed E-state index contributed by atoms with van der Waals surface area (Å²) in [7, 11) is 1.77. The molecule has 2 aromatic heterocycles. The number of likely N-dealkylation sites (tertiary alicyclic amines) is 1. The predicted octanol–water partition coefficient (Wildman–Crippen LogP) is 2.77. The topological polar surface area (TPSA) is 163 Å². The number of nitrogens with one attached hydrogen (secondary N) is 1. The fourth-order valence-corrected chi connectivity index (χ4v) is 4.73. The maximum atomic E-state index is 10.3. The van der Waals surface area contributed by atoms with Gasteiger partial charge < -0.3 is 43.4 Å². The van der Waals surface area contributed by atoms with Crippen molar-refractivity contribution in [1.82, 2.24) is 19.4 Å². The number of rotatable bonds is 24. The van der Waals surface area contributed by atoms with E-state index in [2.05, 4.69) is 50.3 Å². The van der Waals surface area contributed by atoms with Crippen molar-refractivity contribution in [3.8, 4) is 0 Å². The van der Waals surface area contributed by atoms with Crippen LogP contribution < -0.4 is 5.32 Å². The number of piperidine rings is 1. The Hall–Kier alpha value is -3.31. The van der Waals surface area contributed by atoms with E-state index in [0.29, 0.717) is 77.3 Å². The molecule has 0 spiro atoms. The molecule has 1 saturated heterocycles. The minimum atomic E-state index is -0.999. The van der Waals surface area contributed by atoms with E-state index in [-0.39, 0.29) is 19.3 Å². The Bertz CT molecular complexity index is 1240. The summed E-state index contributed by atoms with van der Waals surface area (Å²) in [6, 6.07) is 2.10. The molecule has 0 radical (unpaired) electrons. The number of carboxylic acid groups (broad SMARTS) is 1. The van der Waals surface area contributed by atoms with Crippen LogP contribution in [0.2, 0.25) is 0 Å². The summed E-state index contributed by atoms with van der Waals surface area (Å²) in [5, 5.41) is 11.7. The highest BCUT2D eigenvalue weighted by atomic mass is 16.6. The molecule has 0 aromatic carbocycles. The van der Waals surface area contributed by atoms with Crippen molar-refractivity contribution in [2.75, 3.05) is 91.6 Å². The van der Waals surface area contributed by atoms with E-state index in [4.69, 9.17) is 38.5 Å². The number of hydrogen-bond acceptors (Lipinski definition) is 13. The number of ether oxygens (including phenoxy) is 6. The van der Waals surface area contributed by atoms with Crippen molar-refractivity contribution in [1.29, 1.82) is 0 Å². The fourth-order valence-electron chi connectivity index (χ4n) is 4.73. The number of carbonyl (C=O) groups is 1. The first-order valence-electron chi connectivity index (χ1n) is 15.6. The van der Waals surface area contributed by atoms with Crippen molar-refractivity contribution in [3.63, 3.8) is 0 Å². The minimum absolute atomic E-state index is 0.155. The minimum Gasteiger partial charge on any atom is -0.480 e. The number of pyridine rings is 1. The van der Waals surface area contributed by atoms with Crippen molar-refractivity contribution in [2.24, 2.45) is 9.98 Å². The number of imidazole rings is 1. The third-order valence-corrected chi connectivity index (χ3v) is 7.02. The average molecular weight is 648 g/mol. The molecular weight excluding hydrogens is 598 g/mol. The normalized spacial score (nSPS) is 15.0. The lowest BCUT2D eigenvalue weighted by Crippen LogP contribution is -2.36. The highest BCUT2D eigenvalue weighted by Gasteiger charge is 2.18. The lowest BCUT2D eigenvalue weighted by Gasteiger charge is -2.29. The quantitative estimate of drug-likeness (QED) is 0.127. The second-order valence-electron chi connectivity index (χ2n) is 10.7. The summed E-state index contributed by atoms with van der Waals surface area (Å²) in [5.74, 6) is 0.982. The highest BCUT2D eigenvalue weighted by Crippen LogP contribution is 2.24. The number of carboxylic acids is 1. The molecule has 1 fully saturated rings. The first-order chi connectivity index (χ1) is 22.4. The van der Waals surface area contributed by atoms with Crippen molar-refractivity contribution >= 4 is 35.8 Å². The molecule has 1 aliphatic heterocycles. The number of aromatic nitrogens is 3. The molecule has 0 atom stereocenters. The Labute approximate surface area is 270 Å². The fraction of sp³-hybridized carbons (Fsp3) is 0.645. The van der Waals surface area contributed by atoms with Crippen LogP contribution in [0.1, 0.15) is 38.6 Å². The second kappa shape index (κ2) is 21.5. The van der Waals surface area contributed by atoms with Gasteiger partial charge in [-0.3, -0.25) is 9.89 Å². The maximum Gasteiger partial charge on any atom is 0.329 e. The van der Waals surface area contributed by atoms with Crippen LogP contribution in [-0.4, -0.2) is 136 Å². The largest absolute Gasteiger partial charge is 0.480 e. The molecule has 0 aliphatic carbocycles. The van der Waals surface area contributed by atoms with E-state index in [9.17, 15) is 4.79 Å². The van der Waals surface area contributed by atoms with Gasteiger partial charge in [0, 0.05) is 38.5 Å². The summed E-state index contributed by atoms with van der Waals surface area (Å²) < 4.78 is 34.6. The van der Waals surface area contributed by atoms with E-state index in [0.717, 1.165) is 42.8 Å². The van der Waals surface area contributed by atoms with E-state index >= 15 is 0 Å². The van der Waals surface area contributed by atoms with Gasteiger partial charge in [0.25, 0.3) is 0 Å². The number of anilines is 1. The van der Waals surface area contributed by atoms with Gasteiger partial charge in [0.15, 0.2) is 0 Å². The number of aliphatic carboxylic acids is 1. The van der Waals surface area contributed by atoms with Crippen LogP contribution in [0.4, 0.5) is 5.82 Å². The summed E-state index contributed by atoms with van der Waals surface area (Å²) >= 11 is 0. The van der Waals surface area contributed by atoms with Crippen LogP contribution in [0, 0.1) is 0 Å². The van der Waals surface area contributed by atoms with Crippen LogP contribution in [-0.2, 0) is 39.8 Å². The number of allylic oxidation sites excluding steroid dienone is 1. The lowest BCUT2D eigenvalue weighted by atomic mass is 10.1. The van der Waals surface area contributed by atoms with E-state index in [1.165, 1.54) is 0 Å². The monoisotopic (exact) mass is 647 g/mol. The summed E-state index contributed by atoms with van der Waals surface area (Å²) in [6.07, 6.45) is 7.67. The van der Waals surface area contributed by atoms with Gasteiger partial charge in [-0.05, 0) is 39.5 Å². The van der Waals surface area contributed by atoms with E-state index in [1.54, 1.807) is 25.6 Å². The number of aliphatic imine (C=N–C) groups is 2. The zero-order valence-electron chi connectivity index (χ0n) is 27.3. The van der Waals surface area contributed by atoms with Gasteiger partial charge in [-0.15, -0.1) is 0 Å². The molecule has 3 rings (SSSR count). The zero-order valence-corrected chi connectivity index (χ0v) is 27.3. The molecular formula is C31H49N7O8. The van der Waals surface area contributed by atoms with Gasteiger partial charge in [0.05, 0.1) is 77.3 Å². The van der Waals surface area contributed by atoms with Crippen molar-refractivity contribution in [2.45, 2.75) is 45.4 Å². The number of nitrogens with zero attached hydrogens (tertiary/aromatic N) is 6. The molecule has 256 valence electrons. The molecule has 0 bridgehead atoms. The van der Waals surface area contributed by atoms with Gasteiger partial charge in [-0.2, -0.15) is 0 Å². The van der Waals surface area contributed by atoms with Gasteiger partial charge in [0.1, 0.15) is 36.2 Å². The van der Waals surface area contributed by atoms with Gasteiger partial charge in [-0.1, -0.05) is 0 Å². The van der Waals surface area contributed by atoms with E-state index < -0.39 is 5.97 Å². The Morgan fingerprint density at radius 1 is 1.07 bits per heavy atom. The third-order valence-electron chi connectivity index (χ3n) is 7.02. The van der Waals surface area contributed by atoms with Crippen molar-refractivity contribution < 1.29 is 38.3 Å². The lowest BCUT2D eigenvalue weighted by molar-refractivity contribution is -0.142. The van der Waals surface area contributed by atoms with Crippen LogP contribution in [0.25, 0.3) is 11.0 Å². The third kappa shape index (κ3) is 13.6. The number of methoxy groups -OCH3 is 1. The highest BCUT2D eigenvalue weighted by molar-refractivity contribution is 5.79. The smallest absolute Gasteiger partial charge is 0.329 e. The Morgan fingerprint density at radius 2 is 1.70 bits per heavy atom. The maximum absolute atomic E-state index is 10.3. The summed E-state index contributed by atoms with van der Waals surface area (Å²) in [6.45, 7) is 13.6. The Balaban J connectivity index is 1.37. The van der Waals surface area contributed by atoms with Crippen LogP contribution >= 0.6 is 0 Å². The Morgan fingerprint density at radius 3 is 2.28 bits per heavy atom. The summed E-state index contributed by atoms with van der Waals surface area (Å²) in [5.41, 5.74) is 1.71. The first kappa shape index (κ1) is 37.2. The van der Waals surface area contributed by atoms with Crippen LogP contribution in [0.5, 0.6) is 0 Å². The molecule has 15 nitrogen and oxygen atoms in total. The Kier molecular flexibility index (Phi) is 17.3. The van der Waals surface area contributed by atoms with Gasteiger partial charge >= 0.3 is 5.97 Å². The second-order valence-corrected chi connectivity index (χ2v) is 10.7. The molecule has 1 aliphatic rings. The predicted molar refractivity (Wildman–Crippen MR) is 175 cm³/mol. The molecule has 2 aromatic rings. The molecule has 0 amide bonds. The van der Waals surface area contributed by atoms with Crippen LogP contribution in [0.3, 0.4) is 0 Å². The molecule has 0 unspecified atom stereocenters. The molecule has 15 heteroatoms.